The van der Waals surface area contributed by atoms with Gasteiger partial charge in [-0.2, -0.15) is 12.6 Å². The van der Waals surface area contributed by atoms with Gasteiger partial charge in [0.2, 0.25) is 11.8 Å². The summed E-state index contributed by atoms with van der Waals surface area (Å²) in [5.74, 6) is -0.0795. The second-order valence-electron chi connectivity index (χ2n) is 8.36. The first-order chi connectivity index (χ1) is 13.8. The van der Waals surface area contributed by atoms with Gasteiger partial charge in [-0.25, -0.2) is 4.98 Å². The van der Waals surface area contributed by atoms with Crippen molar-refractivity contribution in [1.29, 1.82) is 0 Å². The summed E-state index contributed by atoms with van der Waals surface area (Å²) >= 11 is 6.11. The van der Waals surface area contributed by atoms with E-state index in [-0.39, 0.29) is 17.7 Å². The van der Waals surface area contributed by atoms with Crippen LogP contribution in [0, 0.1) is 12.8 Å². The number of amides is 2. The summed E-state index contributed by atoms with van der Waals surface area (Å²) in [6.45, 7) is 6.54. The zero-order chi connectivity index (χ0) is 21.0. The van der Waals surface area contributed by atoms with Gasteiger partial charge in [-0.05, 0) is 56.2 Å². The molecule has 1 aliphatic rings. The molecule has 0 bridgehead atoms. The minimum absolute atomic E-state index is 0.0572. The molecule has 29 heavy (non-hydrogen) atoms. The van der Waals surface area contributed by atoms with E-state index in [1.807, 2.05) is 20.8 Å². The Morgan fingerprint density at radius 1 is 1.28 bits per heavy atom. The molecule has 1 fully saturated rings. The van der Waals surface area contributed by atoms with Crippen LogP contribution in [0.25, 0.3) is 10.2 Å². The third-order valence-corrected chi connectivity index (χ3v) is 7.42. The second-order valence-corrected chi connectivity index (χ2v) is 10.2. The number of thiazole rings is 1. The number of aryl methyl sites for hydroxylation is 2. The van der Waals surface area contributed by atoms with Crippen molar-refractivity contribution in [2.75, 3.05) is 6.54 Å². The number of benzene rings is 1. The fraction of sp³-hybridized carbons (Fsp3) is 0.591. The highest BCUT2D eigenvalue weighted by Gasteiger charge is 2.43. The molecule has 1 atom stereocenters. The molecule has 2 N–H and O–H groups in total. The number of hydrogen-bond donors (Lipinski definition) is 3. The SMILES string of the molecule is Cc1nc2cc(CCCNC(=O)C3(NC(=O)[C@@H](S)C(C)C)CCCC3)ccc2s1. The third kappa shape index (κ3) is 5.31. The number of hydrogen-bond acceptors (Lipinski definition) is 5. The van der Waals surface area contributed by atoms with Crippen LogP contribution in [0.2, 0.25) is 0 Å². The normalized spacial score (nSPS) is 16.9. The summed E-state index contributed by atoms with van der Waals surface area (Å²) < 4.78 is 1.21. The van der Waals surface area contributed by atoms with Crippen LogP contribution in [-0.2, 0) is 16.0 Å². The lowest BCUT2D eigenvalue weighted by molar-refractivity contribution is -0.133. The number of nitrogens with zero attached hydrogens (tertiary/aromatic N) is 1. The van der Waals surface area contributed by atoms with Crippen LogP contribution < -0.4 is 10.6 Å². The van der Waals surface area contributed by atoms with E-state index in [1.165, 1.54) is 10.3 Å². The van der Waals surface area contributed by atoms with Crippen LogP contribution >= 0.6 is 24.0 Å². The summed E-state index contributed by atoms with van der Waals surface area (Å²) in [7, 11) is 0. The molecule has 1 heterocycles. The minimum atomic E-state index is -0.774. The Morgan fingerprint density at radius 2 is 2.00 bits per heavy atom. The molecule has 0 aliphatic heterocycles. The predicted molar refractivity (Wildman–Crippen MR) is 123 cm³/mol. The molecule has 1 aromatic carbocycles. The molecule has 5 nitrogen and oxygen atoms in total. The average molecular weight is 434 g/mol. The highest BCUT2D eigenvalue weighted by Crippen LogP contribution is 2.30. The van der Waals surface area contributed by atoms with E-state index in [4.69, 9.17) is 0 Å². The van der Waals surface area contributed by atoms with Gasteiger partial charge in [0, 0.05) is 6.54 Å². The highest BCUT2D eigenvalue weighted by molar-refractivity contribution is 7.81. The van der Waals surface area contributed by atoms with Gasteiger partial charge < -0.3 is 10.6 Å². The standard InChI is InChI=1S/C22H31N3O2S2/c1-14(2)19(28)20(26)25-22(10-4-5-11-22)21(27)23-12-6-7-16-8-9-18-17(13-16)24-15(3)29-18/h8-9,13-14,19,28H,4-7,10-12H2,1-3H3,(H,23,27)(H,25,26)/t19-/m0/s1. The fourth-order valence-electron chi connectivity index (χ4n) is 3.91. The van der Waals surface area contributed by atoms with Gasteiger partial charge in [-0.15, -0.1) is 11.3 Å². The molecule has 0 unspecified atom stereocenters. The smallest absolute Gasteiger partial charge is 0.245 e. The van der Waals surface area contributed by atoms with E-state index in [0.717, 1.165) is 36.2 Å². The lowest BCUT2D eigenvalue weighted by atomic mass is 9.95. The molecule has 7 heteroatoms. The van der Waals surface area contributed by atoms with Gasteiger partial charge >= 0.3 is 0 Å². The van der Waals surface area contributed by atoms with Crippen molar-refractivity contribution in [2.24, 2.45) is 5.92 Å². The maximum Gasteiger partial charge on any atom is 0.245 e. The molecule has 0 radical (unpaired) electrons. The van der Waals surface area contributed by atoms with Crippen LogP contribution in [0.5, 0.6) is 0 Å². The topological polar surface area (TPSA) is 71.1 Å². The number of aromatic nitrogens is 1. The van der Waals surface area contributed by atoms with Crippen molar-refractivity contribution < 1.29 is 9.59 Å². The Kier molecular flexibility index (Phi) is 7.22. The number of carbonyl (C=O) groups is 2. The molecule has 1 saturated carbocycles. The lowest BCUT2D eigenvalue weighted by Gasteiger charge is -2.31. The molecule has 3 rings (SSSR count). The average Bonchev–Trinajstić information content (AvgIpc) is 3.30. The second kappa shape index (κ2) is 9.47. The number of fused-ring (bicyclic) bond motifs is 1. The van der Waals surface area contributed by atoms with Crippen LogP contribution in [0.15, 0.2) is 18.2 Å². The zero-order valence-corrected chi connectivity index (χ0v) is 19.2. The van der Waals surface area contributed by atoms with Gasteiger partial charge in [0.05, 0.1) is 20.5 Å². The Balaban J connectivity index is 1.52. The van der Waals surface area contributed by atoms with Gasteiger partial charge in [0.25, 0.3) is 0 Å². The monoisotopic (exact) mass is 433 g/mol. The first-order valence-corrected chi connectivity index (χ1v) is 11.8. The van der Waals surface area contributed by atoms with Crippen molar-refractivity contribution >= 4 is 46.0 Å². The molecule has 2 aromatic rings. The fourth-order valence-corrected chi connectivity index (χ4v) is 4.78. The van der Waals surface area contributed by atoms with Gasteiger partial charge in [0.1, 0.15) is 5.54 Å². The largest absolute Gasteiger partial charge is 0.354 e. The van der Waals surface area contributed by atoms with E-state index < -0.39 is 10.8 Å². The Bertz CT molecular complexity index is 872. The van der Waals surface area contributed by atoms with Crippen LogP contribution in [0.1, 0.15) is 56.5 Å². The molecule has 2 amide bonds. The summed E-state index contributed by atoms with van der Waals surface area (Å²) in [4.78, 5) is 30.0. The van der Waals surface area contributed by atoms with Crippen molar-refractivity contribution in [2.45, 2.75) is 70.1 Å². The van der Waals surface area contributed by atoms with E-state index >= 15 is 0 Å². The van der Waals surface area contributed by atoms with E-state index in [0.29, 0.717) is 19.4 Å². The van der Waals surface area contributed by atoms with Crippen LogP contribution in [0.4, 0.5) is 0 Å². The Labute approximate surface area is 182 Å². The molecular formula is C22H31N3O2S2. The number of rotatable bonds is 8. The summed E-state index contributed by atoms with van der Waals surface area (Å²) in [6.07, 6.45) is 5.05. The molecule has 0 spiro atoms. The first kappa shape index (κ1) is 22.1. The third-order valence-electron chi connectivity index (χ3n) is 5.64. The molecule has 158 valence electrons. The molecular weight excluding hydrogens is 402 g/mol. The maximum atomic E-state index is 12.9. The molecule has 1 aromatic heterocycles. The van der Waals surface area contributed by atoms with E-state index in [9.17, 15) is 9.59 Å². The first-order valence-electron chi connectivity index (χ1n) is 10.5. The Hall–Kier alpha value is -1.60. The maximum absolute atomic E-state index is 12.9. The predicted octanol–water partition coefficient (Wildman–Crippen LogP) is 4.04. The van der Waals surface area contributed by atoms with Crippen molar-refractivity contribution in [3.05, 3.63) is 28.8 Å². The highest BCUT2D eigenvalue weighted by atomic mass is 32.1. The van der Waals surface area contributed by atoms with E-state index in [2.05, 4.69) is 46.4 Å². The summed E-state index contributed by atoms with van der Waals surface area (Å²) in [5, 5.41) is 6.76. The summed E-state index contributed by atoms with van der Waals surface area (Å²) in [6, 6.07) is 6.40. The number of carbonyl (C=O) groups excluding carboxylic acids is 2. The molecule has 1 aliphatic carbocycles. The van der Waals surface area contributed by atoms with Crippen LogP contribution in [-0.4, -0.2) is 34.1 Å². The molecule has 0 saturated heterocycles. The van der Waals surface area contributed by atoms with Gasteiger partial charge in [0.15, 0.2) is 0 Å². The number of nitrogens with one attached hydrogen (secondary N) is 2. The van der Waals surface area contributed by atoms with Crippen molar-refractivity contribution in [3.8, 4) is 0 Å². The Morgan fingerprint density at radius 3 is 2.69 bits per heavy atom. The summed E-state index contributed by atoms with van der Waals surface area (Å²) in [5.41, 5.74) is 1.51. The lowest BCUT2D eigenvalue weighted by Crippen LogP contribution is -2.59. The van der Waals surface area contributed by atoms with E-state index in [1.54, 1.807) is 11.3 Å². The van der Waals surface area contributed by atoms with Gasteiger partial charge in [-0.3, -0.25) is 9.59 Å². The quantitative estimate of drug-likeness (QED) is 0.435. The van der Waals surface area contributed by atoms with Crippen LogP contribution in [0.3, 0.4) is 0 Å². The zero-order valence-electron chi connectivity index (χ0n) is 17.5. The van der Waals surface area contributed by atoms with Gasteiger partial charge in [-0.1, -0.05) is 32.8 Å². The minimum Gasteiger partial charge on any atom is -0.354 e. The van der Waals surface area contributed by atoms with Crippen molar-refractivity contribution in [1.82, 2.24) is 15.6 Å². The number of thiol groups is 1. The van der Waals surface area contributed by atoms with Crippen molar-refractivity contribution in [3.63, 3.8) is 0 Å².